The molecule has 2 nitrogen and oxygen atoms in total. The maximum Gasteiger partial charge on any atom is 0.0107 e. The molecule has 2 unspecified atom stereocenters. The Morgan fingerprint density at radius 2 is 2.00 bits per heavy atom. The number of nitrogens with zero attached hydrogens (tertiary/aromatic N) is 1. The van der Waals surface area contributed by atoms with Crippen LogP contribution in [0.4, 0.5) is 0 Å². The van der Waals surface area contributed by atoms with Gasteiger partial charge in [0.2, 0.25) is 0 Å². The zero-order valence-corrected chi connectivity index (χ0v) is 10.9. The fraction of sp³-hybridized carbons (Fsp3) is 1.00. The van der Waals surface area contributed by atoms with Crippen molar-refractivity contribution < 1.29 is 0 Å². The van der Waals surface area contributed by atoms with Crippen molar-refractivity contribution in [2.45, 2.75) is 58.5 Å². The highest BCUT2D eigenvalue weighted by Gasteiger charge is 2.27. The predicted molar refractivity (Wildman–Crippen MR) is 67.2 cm³/mol. The van der Waals surface area contributed by atoms with Crippen LogP contribution in [0.3, 0.4) is 0 Å². The summed E-state index contributed by atoms with van der Waals surface area (Å²) in [6, 6.07) is 1.47. The van der Waals surface area contributed by atoms with Crippen LogP contribution in [0.5, 0.6) is 0 Å². The molecule has 0 aromatic rings. The van der Waals surface area contributed by atoms with Crippen LogP contribution in [-0.4, -0.2) is 37.1 Å². The number of likely N-dealkylation sites (N-methyl/N-ethyl adjacent to an activating group) is 1. The zero-order chi connectivity index (χ0) is 11.3. The normalized spacial score (nSPS) is 20.6. The van der Waals surface area contributed by atoms with Gasteiger partial charge in [-0.3, -0.25) is 0 Å². The number of nitrogens with one attached hydrogen (secondary N) is 1. The van der Waals surface area contributed by atoms with Crippen molar-refractivity contribution in [2.75, 3.05) is 20.1 Å². The minimum absolute atomic E-state index is 0.730. The lowest BCUT2D eigenvalue weighted by atomic mass is 10.2. The van der Waals surface area contributed by atoms with Crippen molar-refractivity contribution in [3.63, 3.8) is 0 Å². The van der Waals surface area contributed by atoms with E-state index >= 15 is 0 Å². The first kappa shape index (κ1) is 13.0. The lowest BCUT2D eigenvalue weighted by Crippen LogP contribution is -2.38. The van der Waals surface area contributed by atoms with E-state index in [2.05, 4.69) is 38.0 Å². The van der Waals surface area contributed by atoms with E-state index in [0.717, 1.165) is 24.5 Å². The van der Waals surface area contributed by atoms with Gasteiger partial charge in [0.15, 0.2) is 0 Å². The van der Waals surface area contributed by atoms with Gasteiger partial charge in [-0.15, -0.1) is 0 Å². The SMILES string of the molecule is CCCC(C)N(C)CCNC(C)C1CC1. The maximum atomic E-state index is 3.63. The van der Waals surface area contributed by atoms with Gasteiger partial charge in [0, 0.05) is 25.2 Å². The molecule has 0 aromatic heterocycles. The average Bonchev–Trinajstić information content (AvgIpc) is 3.00. The summed E-state index contributed by atoms with van der Waals surface area (Å²) in [4.78, 5) is 2.47. The lowest BCUT2D eigenvalue weighted by Gasteiger charge is -2.25. The van der Waals surface area contributed by atoms with Gasteiger partial charge in [-0.2, -0.15) is 0 Å². The fourth-order valence-corrected chi connectivity index (χ4v) is 2.09. The van der Waals surface area contributed by atoms with Crippen LogP contribution in [0.2, 0.25) is 0 Å². The van der Waals surface area contributed by atoms with Crippen LogP contribution < -0.4 is 5.32 Å². The highest BCUT2D eigenvalue weighted by atomic mass is 15.1. The van der Waals surface area contributed by atoms with Gasteiger partial charge in [0.05, 0.1) is 0 Å². The van der Waals surface area contributed by atoms with Crippen LogP contribution in [0, 0.1) is 5.92 Å². The van der Waals surface area contributed by atoms with Crippen LogP contribution in [0.1, 0.15) is 46.5 Å². The second-order valence-electron chi connectivity index (χ2n) is 5.20. The van der Waals surface area contributed by atoms with Gasteiger partial charge in [-0.05, 0) is 46.1 Å². The molecule has 0 radical (unpaired) electrons. The monoisotopic (exact) mass is 212 g/mol. The summed E-state index contributed by atoms with van der Waals surface area (Å²) in [5.74, 6) is 0.975. The Kier molecular flexibility index (Phi) is 5.62. The summed E-state index contributed by atoms with van der Waals surface area (Å²) in [5.41, 5.74) is 0. The van der Waals surface area contributed by atoms with E-state index in [0.29, 0.717) is 0 Å². The van der Waals surface area contributed by atoms with E-state index in [1.807, 2.05) is 0 Å². The molecule has 2 atom stereocenters. The van der Waals surface area contributed by atoms with Gasteiger partial charge >= 0.3 is 0 Å². The molecule has 0 saturated heterocycles. The Balaban J connectivity index is 2.02. The third-order valence-electron chi connectivity index (χ3n) is 3.72. The first-order valence-electron chi connectivity index (χ1n) is 6.58. The van der Waals surface area contributed by atoms with Crippen LogP contribution in [0.15, 0.2) is 0 Å². The van der Waals surface area contributed by atoms with Crippen molar-refractivity contribution in [2.24, 2.45) is 5.92 Å². The van der Waals surface area contributed by atoms with Gasteiger partial charge in [-0.1, -0.05) is 13.3 Å². The lowest BCUT2D eigenvalue weighted by molar-refractivity contribution is 0.241. The standard InChI is InChI=1S/C13H28N2/c1-5-6-11(2)15(4)10-9-14-12(3)13-7-8-13/h11-14H,5-10H2,1-4H3. The highest BCUT2D eigenvalue weighted by molar-refractivity contribution is 4.83. The van der Waals surface area contributed by atoms with E-state index in [-0.39, 0.29) is 0 Å². The molecule has 1 aliphatic carbocycles. The minimum Gasteiger partial charge on any atom is -0.313 e. The largest absolute Gasteiger partial charge is 0.313 e. The van der Waals surface area contributed by atoms with Crippen molar-refractivity contribution in [3.8, 4) is 0 Å². The molecule has 2 heteroatoms. The summed E-state index contributed by atoms with van der Waals surface area (Å²) in [6.07, 6.45) is 5.48. The molecule has 1 saturated carbocycles. The number of hydrogen-bond donors (Lipinski definition) is 1. The second-order valence-corrected chi connectivity index (χ2v) is 5.20. The molecular formula is C13H28N2. The predicted octanol–water partition coefficient (Wildman–Crippen LogP) is 2.49. The summed E-state index contributed by atoms with van der Waals surface area (Å²) in [7, 11) is 2.24. The molecule has 0 aromatic carbocycles. The van der Waals surface area contributed by atoms with Gasteiger partial charge in [-0.25, -0.2) is 0 Å². The van der Waals surface area contributed by atoms with E-state index in [1.54, 1.807) is 0 Å². The molecule has 1 N–H and O–H groups in total. The molecule has 0 bridgehead atoms. The van der Waals surface area contributed by atoms with Crippen LogP contribution in [0.25, 0.3) is 0 Å². The molecule has 15 heavy (non-hydrogen) atoms. The fourth-order valence-electron chi connectivity index (χ4n) is 2.09. The van der Waals surface area contributed by atoms with E-state index in [4.69, 9.17) is 0 Å². The third-order valence-corrected chi connectivity index (χ3v) is 3.72. The summed E-state index contributed by atoms with van der Waals surface area (Å²) in [6.45, 7) is 9.24. The van der Waals surface area contributed by atoms with Crippen LogP contribution >= 0.6 is 0 Å². The van der Waals surface area contributed by atoms with Gasteiger partial charge in [0.25, 0.3) is 0 Å². The first-order chi connectivity index (χ1) is 7.15. The van der Waals surface area contributed by atoms with E-state index in [9.17, 15) is 0 Å². The molecular weight excluding hydrogens is 184 g/mol. The molecule has 0 aliphatic heterocycles. The topological polar surface area (TPSA) is 15.3 Å². The Hall–Kier alpha value is -0.0800. The molecule has 0 heterocycles. The first-order valence-corrected chi connectivity index (χ1v) is 6.58. The summed E-state index contributed by atoms with van der Waals surface area (Å²) in [5, 5.41) is 3.63. The molecule has 90 valence electrons. The van der Waals surface area contributed by atoms with E-state index < -0.39 is 0 Å². The van der Waals surface area contributed by atoms with Crippen molar-refractivity contribution in [3.05, 3.63) is 0 Å². The smallest absolute Gasteiger partial charge is 0.0107 e. The Labute approximate surface area is 95.4 Å². The Morgan fingerprint density at radius 3 is 2.53 bits per heavy atom. The number of hydrogen-bond acceptors (Lipinski definition) is 2. The van der Waals surface area contributed by atoms with Crippen molar-refractivity contribution in [1.82, 2.24) is 10.2 Å². The van der Waals surface area contributed by atoms with E-state index in [1.165, 1.54) is 32.2 Å². The molecule has 1 rings (SSSR count). The molecule has 0 amide bonds. The quantitative estimate of drug-likeness (QED) is 0.665. The second kappa shape index (κ2) is 6.49. The molecule has 0 spiro atoms. The van der Waals surface area contributed by atoms with Crippen LogP contribution in [-0.2, 0) is 0 Å². The van der Waals surface area contributed by atoms with Gasteiger partial charge < -0.3 is 10.2 Å². The maximum absolute atomic E-state index is 3.63. The Morgan fingerprint density at radius 1 is 1.33 bits per heavy atom. The molecule has 1 aliphatic rings. The highest BCUT2D eigenvalue weighted by Crippen LogP contribution is 2.32. The average molecular weight is 212 g/mol. The summed E-state index contributed by atoms with van der Waals surface area (Å²) >= 11 is 0. The van der Waals surface area contributed by atoms with Crippen molar-refractivity contribution >= 4 is 0 Å². The summed E-state index contributed by atoms with van der Waals surface area (Å²) < 4.78 is 0. The minimum atomic E-state index is 0.730. The molecule has 1 fully saturated rings. The zero-order valence-electron chi connectivity index (χ0n) is 10.9. The Bertz CT molecular complexity index is 166. The van der Waals surface area contributed by atoms with Gasteiger partial charge in [0.1, 0.15) is 0 Å². The number of rotatable bonds is 8. The third kappa shape index (κ3) is 4.98. The van der Waals surface area contributed by atoms with Crippen molar-refractivity contribution in [1.29, 1.82) is 0 Å².